The van der Waals surface area contributed by atoms with Gasteiger partial charge in [-0.15, -0.1) is 0 Å². The number of allylic oxidation sites excluding steroid dienone is 1. The lowest BCUT2D eigenvalue weighted by Crippen LogP contribution is -2.40. The van der Waals surface area contributed by atoms with E-state index in [1.807, 2.05) is 30.3 Å². The van der Waals surface area contributed by atoms with Crippen LogP contribution < -0.4 is 0 Å². The van der Waals surface area contributed by atoms with Crippen molar-refractivity contribution in [3.05, 3.63) is 48.0 Å². The van der Waals surface area contributed by atoms with Crippen LogP contribution in [0.2, 0.25) is 0 Å². The van der Waals surface area contributed by atoms with E-state index in [1.165, 1.54) is 4.90 Å². The fraction of sp³-hybridized carbons (Fsp3) is 0.524. The van der Waals surface area contributed by atoms with Gasteiger partial charge in [0.2, 0.25) is 5.91 Å². The molecule has 2 rings (SSSR count). The lowest BCUT2D eigenvalue weighted by molar-refractivity contribution is -0.129. The minimum atomic E-state index is -0.520. The average Bonchev–Trinajstić information content (AvgIpc) is 2.92. The Morgan fingerprint density at radius 3 is 2.56 bits per heavy atom. The molecule has 1 fully saturated rings. The number of amides is 2. The van der Waals surface area contributed by atoms with Crippen LogP contribution in [0.3, 0.4) is 0 Å². The highest BCUT2D eigenvalue weighted by molar-refractivity contribution is 5.93. The molecule has 136 valence electrons. The summed E-state index contributed by atoms with van der Waals surface area (Å²) in [4.78, 5) is 26.0. The monoisotopic (exact) mass is 343 g/mol. The molecule has 1 aromatic carbocycles. The van der Waals surface area contributed by atoms with E-state index in [0.717, 1.165) is 11.1 Å². The second-order valence-electron chi connectivity index (χ2n) is 7.90. The van der Waals surface area contributed by atoms with Gasteiger partial charge < -0.3 is 4.74 Å². The van der Waals surface area contributed by atoms with E-state index in [-0.39, 0.29) is 29.9 Å². The molecule has 0 aromatic heterocycles. The molecule has 1 heterocycles. The normalized spacial score (nSPS) is 18.8. The van der Waals surface area contributed by atoms with E-state index < -0.39 is 6.09 Å². The predicted molar refractivity (Wildman–Crippen MR) is 99.1 cm³/mol. The maximum absolute atomic E-state index is 12.6. The zero-order chi connectivity index (χ0) is 18.6. The summed E-state index contributed by atoms with van der Waals surface area (Å²) in [6.07, 6.45) is 1.13. The summed E-state index contributed by atoms with van der Waals surface area (Å²) in [5.41, 5.74) is 2.24. The van der Waals surface area contributed by atoms with Crippen LogP contribution in [0.15, 0.2) is 42.5 Å². The molecule has 1 saturated heterocycles. The lowest BCUT2D eigenvalue weighted by atomic mass is 9.79. The largest absolute Gasteiger partial charge is 0.447 e. The van der Waals surface area contributed by atoms with Gasteiger partial charge in [0.15, 0.2) is 0 Å². The quantitative estimate of drug-likeness (QED) is 0.710. The topological polar surface area (TPSA) is 46.6 Å². The Hall–Kier alpha value is -2.10. The van der Waals surface area contributed by atoms with Crippen molar-refractivity contribution in [2.75, 3.05) is 6.61 Å². The number of ether oxygens (including phenoxy) is 1. The number of carbonyl (C=O) groups excluding carboxylic acids is 2. The molecule has 1 aliphatic heterocycles. The minimum absolute atomic E-state index is 0.0187. The van der Waals surface area contributed by atoms with Gasteiger partial charge in [0.1, 0.15) is 6.61 Å². The van der Waals surface area contributed by atoms with E-state index in [0.29, 0.717) is 19.3 Å². The van der Waals surface area contributed by atoms with Gasteiger partial charge >= 0.3 is 6.09 Å². The van der Waals surface area contributed by atoms with E-state index in [4.69, 9.17) is 4.74 Å². The molecular weight excluding hydrogens is 314 g/mol. The molecule has 0 spiro atoms. The molecule has 0 unspecified atom stereocenters. The van der Waals surface area contributed by atoms with E-state index in [1.54, 1.807) is 0 Å². The molecule has 2 amide bonds. The molecule has 0 bridgehead atoms. The van der Waals surface area contributed by atoms with Gasteiger partial charge in [-0.3, -0.25) is 4.79 Å². The van der Waals surface area contributed by atoms with Gasteiger partial charge in [-0.25, -0.2) is 9.69 Å². The van der Waals surface area contributed by atoms with E-state index >= 15 is 0 Å². The Balaban J connectivity index is 1.96. The van der Waals surface area contributed by atoms with Gasteiger partial charge in [-0.2, -0.15) is 0 Å². The first-order valence-electron chi connectivity index (χ1n) is 8.92. The Morgan fingerprint density at radius 1 is 1.32 bits per heavy atom. The van der Waals surface area contributed by atoms with Crippen molar-refractivity contribution in [1.29, 1.82) is 0 Å². The van der Waals surface area contributed by atoms with Crippen LogP contribution in [0, 0.1) is 11.3 Å². The lowest BCUT2D eigenvalue weighted by Gasteiger charge is -2.27. The van der Waals surface area contributed by atoms with E-state index in [9.17, 15) is 9.59 Å². The van der Waals surface area contributed by atoms with Crippen LogP contribution >= 0.6 is 0 Å². The molecule has 1 aromatic rings. The number of benzene rings is 1. The Kier molecular flexibility index (Phi) is 6.04. The van der Waals surface area contributed by atoms with Crippen LogP contribution in [-0.4, -0.2) is 29.5 Å². The highest BCUT2D eigenvalue weighted by Crippen LogP contribution is 2.32. The Labute approximate surface area is 150 Å². The summed E-state index contributed by atoms with van der Waals surface area (Å²) in [5.74, 6) is 0.0761. The van der Waals surface area contributed by atoms with Gasteiger partial charge in [-0.1, -0.05) is 70.2 Å². The van der Waals surface area contributed by atoms with Gasteiger partial charge in [0.05, 0.1) is 6.04 Å². The third kappa shape index (κ3) is 4.94. The smallest absolute Gasteiger partial charge is 0.416 e. The van der Waals surface area contributed by atoms with Gasteiger partial charge in [0, 0.05) is 6.42 Å². The molecule has 0 N–H and O–H groups in total. The SMILES string of the molecule is C=C([C@H](C)CCC(=O)N1C(=O)OC[C@@H]1Cc1ccccc1)C(C)(C)C. The second kappa shape index (κ2) is 7.85. The summed E-state index contributed by atoms with van der Waals surface area (Å²) in [6.45, 7) is 12.9. The minimum Gasteiger partial charge on any atom is -0.447 e. The van der Waals surface area contributed by atoms with Crippen LogP contribution in [0.5, 0.6) is 0 Å². The molecule has 0 aliphatic carbocycles. The first-order chi connectivity index (χ1) is 11.7. The summed E-state index contributed by atoms with van der Waals surface area (Å²) in [7, 11) is 0. The standard InChI is InChI=1S/C21H29NO3/c1-15(16(2)21(3,4)5)11-12-19(23)22-18(14-25-20(22)24)13-17-9-7-6-8-10-17/h6-10,15,18H,2,11-14H2,1,3-5H3/t15-,18+/m1/s1. The third-order valence-electron chi connectivity index (χ3n) is 4.89. The Morgan fingerprint density at radius 2 is 1.96 bits per heavy atom. The predicted octanol–water partition coefficient (Wildman–Crippen LogP) is 4.60. The Bertz CT molecular complexity index is 630. The summed E-state index contributed by atoms with van der Waals surface area (Å²) in [6, 6.07) is 9.65. The number of hydrogen-bond donors (Lipinski definition) is 0. The van der Waals surface area contributed by atoms with Crippen molar-refractivity contribution in [3.63, 3.8) is 0 Å². The zero-order valence-corrected chi connectivity index (χ0v) is 15.7. The van der Waals surface area contributed by atoms with Crippen molar-refractivity contribution in [1.82, 2.24) is 4.90 Å². The average molecular weight is 343 g/mol. The number of cyclic esters (lactones) is 1. The molecule has 4 nitrogen and oxygen atoms in total. The summed E-state index contributed by atoms with van der Waals surface area (Å²) >= 11 is 0. The van der Waals surface area contributed by atoms with Crippen molar-refractivity contribution in [2.45, 2.75) is 53.0 Å². The highest BCUT2D eigenvalue weighted by Gasteiger charge is 2.37. The molecule has 0 saturated carbocycles. The molecule has 4 heteroatoms. The van der Waals surface area contributed by atoms with Crippen LogP contribution in [0.25, 0.3) is 0 Å². The van der Waals surface area contributed by atoms with Crippen molar-refractivity contribution < 1.29 is 14.3 Å². The molecule has 0 radical (unpaired) electrons. The fourth-order valence-electron chi connectivity index (χ4n) is 3.18. The number of rotatable bonds is 6. The highest BCUT2D eigenvalue weighted by atomic mass is 16.6. The summed E-state index contributed by atoms with van der Waals surface area (Å²) in [5, 5.41) is 0. The van der Waals surface area contributed by atoms with Crippen molar-refractivity contribution in [3.8, 4) is 0 Å². The van der Waals surface area contributed by atoms with Crippen LogP contribution in [0.4, 0.5) is 4.79 Å². The summed E-state index contributed by atoms with van der Waals surface area (Å²) < 4.78 is 5.13. The molecular formula is C21H29NO3. The van der Waals surface area contributed by atoms with Gasteiger partial charge in [-0.05, 0) is 29.7 Å². The van der Waals surface area contributed by atoms with Gasteiger partial charge in [0.25, 0.3) is 0 Å². The van der Waals surface area contributed by atoms with E-state index in [2.05, 4.69) is 34.3 Å². The number of nitrogens with zero attached hydrogens (tertiary/aromatic N) is 1. The molecule has 25 heavy (non-hydrogen) atoms. The number of hydrogen-bond acceptors (Lipinski definition) is 3. The van der Waals surface area contributed by atoms with Crippen LogP contribution in [0.1, 0.15) is 46.1 Å². The maximum atomic E-state index is 12.6. The van der Waals surface area contributed by atoms with Crippen LogP contribution in [-0.2, 0) is 16.0 Å². The maximum Gasteiger partial charge on any atom is 0.416 e. The van der Waals surface area contributed by atoms with Crippen molar-refractivity contribution >= 4 is 12.0 Å². The second-order valence-corrected chi connectivity index (χ2v) is 7.90. The van der Waals surface area contributed by atoms with Crippen molar-refractivity contribution in [2.24, 2.45) is 11.3 Å². The first kappa shape index (κ1) is 19.2. The third-order valence-corrected chi connectivity index (χ3v) is 4.89. The molecule has 2 atom stereocenters. The number of imide groups is 1. The molecule has 1 aliphatic rings. The first-order valence-corrected chi connectivity index (χ1v) is 8.92. The fourth-order valence-corrected chi connectivity index (χ4v) is 3.18. The number of carbonyl (C=O) groups is 2. The zero-order valence-electron chi connectivity index (χ0n) is 15.7.